The Hall–Kier alpha value is -1.09. The molecule has 0 saturated heterocycles. The normalized spacial score (nSPS) is 15.0. The van der Waals surface area contributed by atoms with Crippen LogP contribution in [-0.2, 0) is 6.42 Å². The van der Waals surface area contributed by atoms with Gasteiger partial charge in [0.25, 0.3) is 0 Å². The highest BCUT2D eigenvalue weighted by Gasteiger charge is 2.17. The summed E-state index contributed by atoms with van der Waals surface area (Å²) in [7, 11) is 0. The summed E-state index contributed by atoms with van der Waals surface area (Å²) in [6, 6.07) is 8.61. The lowest BCUT2D eigenvalue weighted by Gasteiger charge is -2.25. The quantitative estimate of drug-likeness (QED) is 0.810. The summed E-state index contributed by atoms with van der Waals surface area (Å²) in [5.74, 6) is 0. The molecule has 0 bridgehead atoms. The first-order valence-corrected chi connectivity index (χ1v) is 6.87. The standard InChI is InChI=1S/C14H20N2S/c1-2-10-15-14(17)16-11-6-5-8-12-7-3-4-9-13(12)16/h3-4,7,9H,2,5-6,8,10-11H2,1H3,(H,15,17). The van der Waals surface area contributed by atoms with Crippen molar-refractivity contribution in [2.45, 2.75) is 32.6 Å². The molecule has 0 fully saturated rings. The molecule has 1 heterocycles. The predicted molar refractivity (Wildman–Crippen MR) is 77.6 cm³/mol. The molecule has 0 saturated carbocycles. The highest BCUT2D eigenvalue weighted by Crippen LogP contribution is 2.25. The Kier molecular flexibility index (Phi) is 4.37. The molecule has 17 heavy (non-hydrogen) atoms. The molecule has 0 aromatic heterocycles. The third kappa shape index (κ3) is 2.97. The van der Waals surface area contributed by atoms with E-state index in [0.717, 1.165) is 24.6 Å². The minimum Gasteiger partial charge on any atom is -0.362 e. The van der Waals surface area contributed by atoms with Gasteiger partial charge in [0.15, 0.2) is 5.11 Å². The van der Waals surface area contributed by atoms with Gasteiger partial charge in [-0.05, 0) is 49.5 Å². The van der Waals surface area contributed by atoms with Gasteiger partial charge < -0.3 is 10.2 Å². The zero-order valence-electron chi connectivity index (χ0n) is 10.4. The summed E-state index contributed by atoms with van der Waals surface area (Å²) in [6.07, 6.45) is 4.74. The minimum absolute atomic E-state index is 0.876. The molecule has 0 atom stereocenters. The largest absolute Gasteiger partial charge is 0.362 e. The molecule has 2 rings (SSSR count). The number of aryl methyl sites for hydroxylation is 1. The summed E-state index contributed by atoms with van der Waals surface area (Å²) in [4.78, 5) is 2.26. The Morgan fingerprint density at radius 3 is 3.00 bits per heavy atom. The molecule has 0 aliphatic carbocycles. The maximum absolute atomic E-state index is 5.49. The lowest BCUT2D eigenvalue weighted by Crippen LogP contribution is -2.40. The number of anilines is 1. The number of thiocarbonyl (C=S) groups is 1. The van der Waals surface area contributed by atoms with Gasteiger partial charge in [-0.1, -0.05) is 25.1 Å². The molecule has 0 radical (unpaired) electrons. The van der Waals surface area contributed by atoms with E-state index in [-0.39, 0.29) is 0 Å². The van der Waals surface area contributed by atoms with Crippen LogP contribution in [0.3, 0.4) is 0 Å². The van der Waals surface area contributed by atoms with Gasteiger partial charge in [0, 0.05) is 18.8 Å². The van der Waals surface area contributed by atoms with E-state index in [1.54, 1.807) is 0 Å². The Morgan fingerprint density at radius 1 is 1.35 bits per heavy atom. The summed E-state index contributed by atoms with van der Waals surface area (Å²) in [5, 5.41) is 4.20. The van der Waals surface area contributed by atoms with Crippen molar-refractivity contribution in [3.63, 3.8) is 0 Å². The van der Waals surface area contributed by atoms with E-state index in [1.165, 1.54) is 30.5 Å². The molecule has 0 amide bonds. The molecule has 2 nitrogen and oxygen atoms in total. The maximum atomic E-state index is 5.49. The van der Waals surface area contributed by atoms with Crippen LogP contribution in [0.1, 0.15) is 31.7 Å². The number of hydrogen-bond acceptors (Lipinski definition) is 1. The average Bonchev–Trinajstić information content (AvgIpc) is 2.58. The molecule has 1 aromatic rings. The second kappa shape index (κ2) is 6.01. The third-order valence-corrected chi connectivity index (χ3v) is 3.50. The van der Waals surface area contributed by atoms with Crippen molar-refractivity contribution in [3.05, 3.63) is 29.8 Å². The van der Waals surface area contributed by atoms with Crippen molar-refractivity contribution in [2.24, 2.45) is 0 Å². The zero-order chi connectivity index (χ0) is 12.1. The molecule has 92 valence electrons. The van der Waals surface area contributed by atoms with Crippen LogP contribution in [0.25, 0.3) is 0 Å². The van der Waals surface area contributed by atoms with Crippen LogP contribution in [0.4, 0.5) is 5.69 Å². The number of fused-ring (bicyclic) bond motifs is 1. The fraction of sp³-hybridized carbons (Fsp3) is 0.500. The van der Waals surface area contributed by atoms with Crippen LogP contribution in [0.15, 0.2) is 24.3 Å². The lowest BCUT2D eigenvalue weighted by atomic mass is 10.1. The van der Waals surface area contributed by atoms with E-state index in [0.29, 0.717) is 0 Å². The molecule has 3 heteroatoms. The fourth-order valence-corrected chi connectivity index (χ4v) is 2.52. The van der Waals surface area contributed by atoms with E-state index < -0.39 is 0 Å². The highest BCUT2D eigenvalue weighted by atomic mass is 32.1. The zero-order valence-corrected chi connectivity index (χ0v) is 11.2. The first-order valence-electron chi connectivity index (χ1n) is 6.46. The number of nitrogens with one attached hydrogen (secondary N) is 1. The van der Waals surface area contributed by atoms with Crippen molar-refractivity contribution in [3.8, 4) is 0 Å². The molecule has 1 N–H and O–H groups in total. The van der Waals surface area contributed by atoms with Crippen LogP contribution in [0.5, 0.6) is 0 Å². The van der Waals surface area contributed by atoms with Crippen molar-refractivity contribution in [1.82, 2.24) is 5.32 Å². The summed E-state index contributed by atoms with van der Waals surface area (Å²) < 4.78 is 0. The van der Waals surface area contributed by atoms with Gasteiger partial charge in [0.05, 0.1) is 0 Å². The van der Waals surface area contributed by atoms with Crippen LogP contribution in [-0.4, -0.2) is 18.2 Å². The van der Waals surface area contributed by atoms with Crippen molar-refractivity contribution < 1.29 is 0 Å². The van der Waals surface area contributed by atoms with Crippen LogP contribution in [0, 0.1) is 0 Å². The number of benzene rings is 1. The average molecular weight is 248 g/mol. The van der Waals surface area contributed by atoms with E-state index in [9.17, 15) is 0 Å². The monoisotopic (exact) mass is 248 g/mol. The summed E-state index contributed by atoms with van der Waals surface area (Å²) in [5.41, 5.74) is 2.71. The third-order valence-electron chi connectivity index (χ3n) is 3.13. The van der Waals surface area contributed by atoms with E-state index >= 15 is 0 Å². The number of hydrogen-bond donors (Lipinski definition) is 1. The fourth-order valence-electron chi connectivity index (χ4n) is 2.23. The van der Waals surface area contributed by atoms with Crippen LogP contribution < -0.4 is 10.2 Å². The van der Waals surface area contributed by atoms with Crippen molar-refractivity contribution in [1.29, 1.82) is 0 Å². The molecule has 0 spiro atoms. The highest BCUT2D eigenvalue weighted by molar-refractivity contribution is 7.80. The van der Waals surface area contributed by atoms with Gasteiger partial charge in [-0.2, -0.15) is 0 Å². The first-order chi connectivity index (χ1) is 8.33. The second-order valence-electron chi connectivity index (χ2n) is 4.47. The van der Waals surface area contributed by atoms with Crippen LogP contribution in [0.2, 0.25) is 0 Å². The number of rotatable bonds is 2. The molecule has 1 aliphatic heterocycles. The molecule has 1 aliphatic rings. The van der Waals surface area contributed by atoms with Gasteiger partial charge in [-0.25, -0.2) is 0 Å². The lowest BCUT2D eigenvalue weighted by molar-refractivity contribution is 0.756. The van der Waals surface area contributed by atoms with Gasteiger partial charge >= 0.3 is 0 Å². The topological polar surface area (TPSA) is 15.3 Å². The summed E-state index contributed by atoms with van der Waals surface area (Å²) >= 11 is 5.49. The Labute approximate surface area is 109 Å². The first kappa shape index (κ1) is 12.4. The second-order valence-corrected chi connectivity index (χ2v) is 4.86. The molecule has 1 aromatic carbocycles. The Morgan fingerprint density at radius 2 is 2.18 bits per heavy atom. The smallest absolute Gasteiger partial charge is 0.173 e. The minimum atomic E-state index is 0.876. The van der Waals surface area contributed by atoms with Gasteiger partial charge in [0.1, 0.15) is 0 Å². The molecular formula is C14H20N2S. The predicted octanol–water partition coefficient (Wildman–Crippen LogP) is 3.11. The SMILES string of the molecule is CCCNC(=S)N1CCCCc2ccccc21. The van der Waals surface area contributed by atoms with E-state index in [2.05, 4.69) is 41.4 Å². The van der Waals surface area contributed by atoms with Gasteiger partial charge in [-0.3, -0.25) is 0 Å². The van der Waals surface area contributed by atoms with Crippen molar-refractivity contribution >= 4 is 23.0 Å². The van der Waals surface area contributed by atoms with Gasteiger partial charge in [-0.15, -0.1) is 0 Å². The van der Waals surface area contributed by atoms with E-state index in [1.807, 2.05) is 0 Å². The van der Waals surface area contributed by atoms with Crippen molar-refractivity contribution in [2.75, 3.05) is 18.0 Å². The maximum Gasteiger partial charge on any atom is 0.173 e. The van der Waals surface area contributed by atoms with Crippen LogP contribution >= 0.6 is 12.2 Å². The van der Waals surface area contributed by atoms with Gasteiger partial charge in [0.2, 0.25) is 0 Å². The van der Waals surface area contributed by atoms with E-state index in [4.69, 9.17) is 12.2 Å². The Bertz CT molecular complexity index is 390. The molecule has 0 unspecified atom stereocenters. The number of nitrogens with zero attached hydrogens (tertiary/aromatic N) is 1. The number of para-hydroxylation sites is 1. The molecular weight excluding hydrogens is 228 g/mol. The Balaban J connectivity index is 2.19. The summed E-state index contributed by atoms with van der Waals surface area (Å²) in [6.45, 7) is 4.15.